The Morgan fingerprint density at radius 1 is 1.23 bits per heavy atom. The predicted octanol–water partition coefficient (Wildman–Crippen LogP) is 4.71. The van der Waals surface area contributed by atoms with Crippen LogP contribution in [0.1, 0.15) is 38.1 Å². The molecular formula is C12H22F6N3P. The van der Waals surface area contributed by atoms with Gasteiger partial charge < -0.3 is 5.32 Å². The molecule has 0 bridgehead atoms. The van der Waals surface area contributed by atoms with E-state index in [1.807, 2.05) is 0 Å². The van der Waals surface area contributed by atoms with Gasteiger partial charge in [0.25, 0.3) is 5.82 Å². The second-order valence-electron chi connectivity index (χ2n) is 5.62. The Labute approximate surface area is 125 Å². The van der Waals surface area contributed by atoms with Gasteiger partial charge in [0.15, 0.2) is 0 Å². The van der Waals surface area contributed by atoms with Crippen molar-refractivity contribution in [2.45, 2.75) is 45.2 Å². The molecule has 2 atom stereocenters. The van der Waals surface area contributed by atoms with E-state index in [1.165, 1.54) is 31.6 Å². The average molecular weight is 353 g/mol. The first-order valence-electron chi connectivity index (χ1n) is 6.98. The average Bonchev–Trinajstić information content (AvgIpc) is 2.66. The van der Waals surface area contributed by atoms with Crippen molar-refractivity contribution in [3.8, 4) is 0 Å². The molecule has 1 aliphatic rings. The van der Waals surface area contributed by atoms with E-state index < -0.39 is 7.81 Å². The zero-order chi connectivity index (χ0) is 17.2. The molecule has 2 heterocycles. The first kappa shape index (κ1) is 19.2. The summed E-state index contributed by atoms with van der Waals surface area (Å²) < 4.78 is 63.8. The molecule has 1 aliphatic heterocycles. The van der Waals surface area contributed by atoms with Gasteiger partial charge in [0, 0.05) is 13.0 Å². The van der Waals surface area contributed by atoms with Crippen molar-refractivity contribution in [1.82, 2.24) is 9.88 Å². The summed E-state index contributed by atoms with van der Waals surface area (Å²) in [5, 5.41) is 3.62. The van der Waals surface area contributed by atoms with Crippen LogP contribution in [0.4, 0.5) is 25.2 Å². The third kappa shape index (κ3) is 7.98. The van der Waals surface area contributed by atoms with Crippen LogP contribution < -0.4 is 9.88 Å². The van der Waals surface area contributed by atoms with Crippen molar-refractivity contribution in [2.24, 2.45) is 7.05 Å². The number of aromatic nitrogens is 2. The van der Waals surface area contributed by atoms with Crippen LogP contribution in [0, 0.1) is 6.92 Å². The van der Waals surface area contributed by atoms with E-state index in [2.05, 4.69) is 47.7 Å². The molecule has 0 aliphatic carbocycles. The number of imidazole rings is 1. The van der Waals surface area contributed by atoms with Crippen LogP contribution in [0.25, 0.3) is 0 Å². The van der Waals surface area contributed by atoms with Gasteiger partial charge in [-0.05, 0) is 26.3 Å². The molecule has 1 fully saturated rings. The summed E-state index contributed by atoms with van der Waals surface area (Å²) in [7, 11) is -8.55. The Morgan fingerprint density at radius 3 is 2.14 bits per heavy atom. The third-order valence-corrected chi connectivity index (χ3v) is 3.70. The normalized spacial score (nSPS) is 23.8. The SMILES string of the molecule is Cc1n(C)cc[n+]1C(C)C1CCCCN1.F[P-](F)(F)(F)(F)F. The second-order valence-corrected chi connectivity index (χ2v) is 7.54. The van der Waals surface area contributed by atoms with Crippen LogP contribution in [0.3, 0.4) is 0 Å². The zero-order valence-corrected chi connectivity index (χ0v) is 13.6. The number of hydrogen-bond donors (Lipinski definition) is 1. The summed E-state index contributed by atoms with van der Waals surface area (Å²) >= 11 is 0. The molecule has 1 N–H and O–H groups in total. The van der Waals surface area contributed by atoms with Gasteiger partial charge in [-0.1, -0.05) is 6.42 Å². The summed E-state index contributed by atoms with van der Waals surface area (Å²) in [6, 6.07) is 1.20. The fourth-order valence-corrected chi connectivity index (χ4v) is 2.48. The van der Waals surface area contributed by atoms with E-state index in [1.54, 1.807) is 0 Å². The van der Waals surface area contributed by atoms with Crippen LogP contribution in [-0.2, 0) is 7.05 Å². The molecule has 2 rings (SSSR count). The molecule has 1 aromatic heterocycles. The molecule has 3 nitrogen and oxygen atoms in total. The van der Waals surface area contributed by atoms with E-state index in [0.717, 1.165) is 0 Å². The van der Waals surface area contributed by atoms with Crippen LogP contribution >= 0.6 is 7.81 Å². The predicted molar refractivity (Wildman–Crippen MR) is 74.3 cm³/mol. The molecule has 0 saturated carbocycles. The topological polar surface area (TPSA) is 20.8 Å². The number of rotatable bonds is 2. The van der Waals surface area contributed by atoms with Crippen molar-refractivity contribution in [3.63, 3.8) is 0 Å². The Hall–Kier alpha value is -0.820. The fourth-order valence-electron chi connectivity index (χ4n) is 2.48. The molecule has 1 saturated heterocycles. The summed E-state index contributed by atoms with van der Waals surface area (Å²) in [4.78, 5) is 0. The molecule has 2 unspecified atom stereocenters. The van der Waals surface area contributed by atoms with Crippen molar-refractivity contribution in [1.29, 1.82) is 0 Å². The van der Waals surface area contributed by atoms with E-state index in [0.29, 0.717) is 12.1 Å². The van der Waals surface area contributed by atoms with E-state index in [9.17, 15) is 25.2 Å². The monoisotopic (exact) mass is 353 g/mol. The molecule has 22 heavy (non-hydrogen) atoms. The molecule has 0 spiro atoms. The van der Waals surface area contributed by atoms with Gasteiger partial charge in [-0.3, -0.25) is 0 Å². The van der Waals surface area contributed by atoms with Crippen molar-refractivity contribution in [2.75, 3.05) is 6.54 Å². The van der Waals surface area contributed by atoms with Crippen LogP contribution in [-0.4, -0.2) is 17.2 Å². The summed E-state index contributed by atoms with van der Waals surface area (Å²) in [6.07, 6.45) is 8.34. The zero-order valence-electron chi connectivity index (χ0n) is 12.7. The van der Waals surface area contributed by atoms with Crippen LogP contribution in [0.5, 0.6) is 0 Å². The van der Waals surface area contributed by atoms with Gasteiger partial charge in [-0.2, -0.15) is 0 Å². The van der Waals surface area contributed by atoms with Gasteiger partial charge in [0.2, 0.25) is 0 Å². The maximum atomic E-state index is 9.87. The van der Waals surface area contributed by atoms with Gasteiger partial charge in [0.05, 0.1) is 7.05 Å². The van der Waals surface area contributed by atoms with Crippen LogP contribution in [0.2, 0.25) is 0 Å². The summed E-state index contributed by atoms with van der Waals surface area (Å²) in [6.45, 7) is 5.68. The van der Waals surface area contributed by atoms with E-state index in [-0.39, 0.29) is 0 Å². The third-order valence-electron chi connectivity index (χ3n) is 3.70. The molecule has 0 radical (unpaired) electrons. The van der Waals surface area contributed by atoms with Gasteiger partial charge in [0.1, 0.15) is 18.4 Å². The standard InChI is InChI=1S/C12H22N3.F6P/c1-10(12-6-4-5-7-13-12)15-9-8-14(3)11(15)2;1-7(2,3,4,5)6/h8-10,12-13H,4-7H2,1-3H3;/q+1;-1. The summed E-state index contributed by atoms with van der Waals surface area (Å²) in [5.41, 5.74) is 0. The van der Waals surface area contributed by atoms with Gasteiger partial charge >= 0.3 is 33.0 Å². The Morgan fingerprint density at radius 2 is 1.77 bits per heavy atom. The maximum absolute atomic E-state index is 10.7. The van der Waals surface area contributed by atoms with Gasteiger partial charge in [-0.15, -0.1) is 0 Å². The van der Waals surface area contributed by atoms with E-state index in [4.69, 9.17) is 0 Å². The van der Waals surface area contributed by atoms with Crippen molar-refractivity contribution >= 4 is 7.81 Å². The molecule has 0 amide bonds. The van der Waals surface area contributed by atoms with Crippen molar-refractivity contribution in [3.05, 3.63) is 18.2 Å². The number of nitrogens with zero attached hydrogens (tertiary/aromatic N) is 2. The second kappa shape index (κ2) is 5.67. The Bertz CT molecular complexity index is 492. The number of nitrogens with one attached hydrogen (secondary N) is 1. The Balaban J connectivity index is 0.000000295. The molecular weight excluding hydrogens is 331 g/mol. The number of aryl methyl sites for hydroxylation is 1. The Kier molecular flexibility index (Phi) is 4.96. The first-order valence-corrected chi connectivity index (χ1v) is 9.01. The van der Waals surface area contributed by atoms with E-state index >= 15 is 0 Å². The van der Waals surface area contributed by atoms with Crippen LogP contribution in [0.15, 0.2) is 12.4 Å². The minimum atomic E-state index is -10.7. The number of halogens is 6. The number of piperidine rings is 1. The molecule has 10 heteroatoms. The summed E-state index contributed by atoms with van der Waals surface area (Å²) in [5.74, 6) is 1.33. The van der Waals surface area contributed by atoms with Crippen molar-refractivity contribution < 1.29 is 29.7 Å². The molecule has 132 valence electrons. The van der Waals surface area contributed by atoms with Gasteiger partial charge in [-0.25, -0.2) is 9.13 Å². The number of hydrogen-bond acceptors (Lipinski definition) is 1. The minimum absolute atomic E-state index is 0.562. The molecule has 1 aromatic rings. The molecule has 0 aromatic carbocycles. The first-order chi connectivity index (χ1) is 9.65. The fraction of sp³-hybridized carbons (Fsp3) is 0.750. The quantitative estimate of drug-likeness (QED) is 0.464.